The van der Waals surface area contributed by atoms with Gasteiger partial charge in [-0.1, -0.05) is 29.8 Å². The first-order chi connectivity index (χ1) is 8.56. The molecule has 1 N–H and O–H groups in total. The summed E-state index contributed by atoms with van der Waals surface area (Å²) < 4.78 is 5.11. The van der Waals surface area contributed by atoms with Gasteiger partial charge >= 0.3 is 0 Å². The molecule has 18 heavy (non-hydrogen) atoms. The van der Waals surface area contributed by atoms with Gasteiger partial charge in [-0.25, -0.2) is 0 Å². The molecule has 0 aromatic heterocycles. The molecule has 1 aromatic rings. The third-order valence-corrected chi connectivity index (χ3v) is 3.52. The average molecular weight is 272 g/mol. The van der Waals surface area contributed by atoms with Crippen LogP contribution in [0.5, 0.6) is 0 Å². The maximum absolute atomic E-state index is 10.1. The van der Waals surface area contributed by atoms with Crippen molar-refractivity contribution in [1.29, 1.82) is 0 Å². The first-order valence-electron chi connectivity index (χ1n) is 6.18. The van der Waals surface area contributed by atoms with Gasteiger partial charge < -0.3 is 14.7 Å². The molecule has 0 amide bonds. The second-order valence-electron chi connectivity index (χ2n) is 4.61. The Hall–Kier alpha value is -0.610. The average Bonchev–Trinajstić information content (AvgIpc) is 2.36. The molecular weight excluding hydrogens is 250 g/mol. The van der Waals surface area contributed by atoms with E-state index in [2.05, 4.69) is 11.8 Å². The van der Waals surface area contributed by atoms with E-state index in [9.17, 15) is 5.11 Å². The third kappa shape index (κ3) is 4.58. The van der Waals surface area contributed by atoms with Gasteiger partial charge in [0.05, 0.1) is 12.7 Å². The van der Waals surface area contributed by atoms with E-state index in [-0.39, 0.29) is 0 Å². The van der Waals surface area contributed by atoms with E-state index in [0.717, 1.165) is 12.1 Å². The third-order valence-electron chi connectivity index (χ3n) is 3.18. The lowest BCUT2D eigenvalue weighted by Gasteiger charge is -2.25. The van der Waals surface area contributed by atoms with Crippen molar-refractivity contribution in [2.75, 3.05) is 27.3 Å². The van der Waals surface area contributed by atoms with Gasteiger partial charge in [0.15, 0.2) is 0 Å². The molecule has 2 atom stereocenters. The van der Waals surface area contributed by atoms with Crippen LogP contribution in [0.15, 0.2) is 24.3 Å². The molecule has 0 saturated heterocycles. The summed E-state index contributed by atoms with van der Waals surface area (Å²) in [6.45, 7) is 3.60. The van der Waals surface area contributed by atoms with Gasteiger partial charge in [-0.05, 0) is 32.0 Å². The first kappa shape index (κ1) is 15.4. The van der Waals surface area contributed by atoms with Crippen LogP contribution in [-0.2, 0) is 4.74 Å². The van der Waals surface area contributed by atoms with Crippen molar-refractivity contribution in [3.8, 4) is 0 Å². The van der Waals surface area contributed by atoms with Crippen LogP contribution in [0, 0.1) is 0 Å². The van der Waals surface area contributed by atoms with Crippen molar-refractivity contribution in [2.45, 2.75) is 25.5 Å². The summed E-state index contributed by atoms with van der Waals surface area (Å²) in [4.78, 5) is 2.17. The van der Waals surface area contributed by atoms with Crippen LogP contribution in [0.1, 0.15) is 25.0 Å². The maximum Gasteiger partial charge on any atom is 0.0816 e. The summed E-state index contributed by atoms with van der Waals surface area (Å²) in [6, 6.07) is 7.77. The van der Waals surface area contributed by atoms with Gasteiger partial charge in [-0.15, -0.1) is 0 Å². The summed E-state index contributed by atoms with van der Waals surface area (Å²) in [5, 5.41) is 10.7. The topological polar surface area (TPSA) is 32.7 Å². The molecule has 0 aliphatic heterocycles. The summed E-state index contributed by atoms with van der Waals surface area (Å²) in [5.41, 5.74) is 0.798. The number of aliphatic hydroxyl groups is 1. The van der Waals surface area contributed by atoms with Crippen molar-refractivity contribution in [3.63, 3.8) is 0 Å². The zero-order chi connectivity index (χ0) is 13.5. The van der Waals surface area contributed by atoms with Gasteiger partial charge in [0, 0.05) is 24.7 Å². The Balaban J connectivity index is 2.46. The number of rotatable bonds is 7. The summed E-state index contributed by atoms with van der Waals surface area (Å²) >= 11 is 6.05. The van der Waals surface area contributed by atoms with Gasteiger partial charge in [-0.2, -0.15) is 0 Å². The number of methoxy groups -OCH3 is 1. The second-order valence-corrected chi connectivity index (χ2v) is 5.02. The molecule has 1 aromatic carbocycles. The first-order valence-corrected chi connectivity index (χ1v) is 6.55. The van der Waals surface area contributed by atoms with E-state index >= 15 is 0 Å². The lowest BCUT2D eigenvalue weighted by atomic mass is 10.1. The highest BCUT2D eigenvalue weighted by Gasteiger charge is 2.14. The van der Waals surface area contributed by atoms with Gasteiger partial charge in [0.2, 0.25) is 0 Å². The number of hydrogen-bond donors (Lipinski definition) is 1. The van der Waals surface area contributed by atoms with Crippen LogP contribution in [0.25, 0.3) is 0 Å². The predicted molar refractivity (Wildman–Crippen MR) is 75.0 cm³/mol. The largest absolute Gasteiger partial charge is 0.388 e. The standard InChI is InChI=1S/C14H22ClNO2/c1-11(10-18-3)16(2)9-8-14(17)12-6-4-5-7-13(12)15/h4-7,11,14,17H,8-10H2,1-3H3. The van der Waals surface area contributed by atoms with Crippen LogP contribution in [0.2, 0.25) is 5.02 Å². The van der Waals surface area contributed by atoms with Gasteiger partial charge in [0.1, 0.15) is 0 Å². The molecule has 102 valence electrons. The van der Waals surface area contributed by atoms with Gasteiger partial charge in [-0.3, -0.25) is 0 Å². The van der Waals surface area contributed by atoms with E-state index in [1.807, 2.05) is 25.2 Å². The molecule has 0 fully saturated rings. The van der Waals surface area contributed by atoms with Crippen molar-refractivity contribution < 1.29 is 9.84 Å². The molecule has 0 bridgehead atoms. The van der Waals surface area contributed by atoms with Crippen LogP contribution in [0.4, 0.5) is 0 Å². The molecule has 0 spiro atoms. The van der Waals surface area contributed by atoms with Crippen molar-refractivity contribution >= 4 is 11.6 Å². The Kier molecular flexibility index (Phi) is 6.65. The molecule has 0 saturated carbocycles. The lowest BCUT2D eigenvalue weighted by Crippen LogP contribution is -2.34. The molecule has 4 heteroatoms. The molecule has 1 rings (SSSR count). The summed E-state index contributed by atoms with van der Waals surface area (Å²) in [5.74, 6) is 0. The van der Waals surface area contributed by atoms with E-state index in [1.165, 1.54) is 0 Å². The number of aliphatic hydroxyl groups excluding tert-OH is 1. The molecule has 2 unspecified atom stereocenters. The van der Waals surface area contributed by atoms with Crippen molar-refractivity contribution in [3.05, 3.63) is 34.9 Å². The van der Waals surface area contributed by atoms with E-state index in [1.54, 1.807) is 13.2 Å². The lowest BCUT2D eigenvalue weighted by molar-refractivity contribution is 0.0961. The zero-order valence-electron chi connectivity index (χ0n) is 11.3. The summed E-state index contributed by atoms with van der Waals surface area (Å²) in [6.07, 6.45) is 0.143. The maximum atomic E-state index is 10.1. The number of benzene rings is 1. The number of ether oxygens (including phenoxy) is 1. The van der Waals surface area contributed by atoms with Crippen LogP contribution >= 0.6 is 11.6 Å². The molecule has 0 aliphatic rings. The normalized spacial score (nSPS) is 14.8. The van der Waals surface area contributed by atoms with E-state index in [0.29, 0.717) is 24.1 Å². The second kappa shape index (κ2) is 7.74. The number of nitrogens with zero attached hydrogens (tertiary/aromatic N) is 1. The molecule has 0 radical (unpaired) electrons. The fourth-order valence-electron chi connectivity index (χ4n) is 1.82. The quantitative estimate of drug-likeness (QED) is 0.828. The molecule has 3 nitrogen and oxygen atoms in total. The van der Waals surface area contributed by atoms with Crippen molar-refractivity contribution in [2.24, 2.45) is 0 Å². The zero-order valence-corrected chi connectivity index (χ0v) is 12.0. The highest BCUT2D eigenvalue weighted by molar-refractivity contribution is 6.31. The number of hydrogen-bond acceptors (Lipinski definition) is 3. The Morgan fingerprint density at radius 3 is 2.67 bits per heavy atom. The molecular formula is C14H22ClNO2. The highest BCUT2D eigenvalue weighted by atomic mass is 35.5. The van der Waals surface area contributed by atoms with Crippen molar-refractivity contribution in [1.82, 2.24) is 4.90 Å². The number of halogens is 1. The SMILES string of the molecule is COCC(C)N(C)CCC(O)c1ccccc1Cl. The molecule has 0 aliphatic carbocycles. The Morgan fingerprint density at radius 2 is 2.06 bits per heavy atom. The minimum absolute atomic E-state index is 0.341. The van der Waals surface area contributed by atoms with Crippen LogP contribution in [0.3, 0.4) is 0 Å². The Morgan fingerprint density at radius 1 is 1.39 bits per heavy atom. The molecule has 0 heterocycles. The van der Waals surface area contributed by atoms with E-state index < -0.39 is 6.10 Å². The summed E-state index contributed by atoms with van der Waals surface area (Å²) in [7, 11) is 3.73. The highest BCUT2D eigenvalue weighted by Crippen LogP contribution is 2.24. The smallest absolute Gasteiger partial charge is 0.0816 e. The monoisotopic (exact) mass is 271 g/mol. The van der Waals surface area contributed by atoms with Crippen LogP contribution < -0.4 is 0 Å². The van der Waals surface area contributed by atoms with Crippen LogP contribution in [-0.4, -0.2) is 43.4 Å². The van der Waals surface area contributed by atoms with Gasteiger partial charge in [0.25, 0.3) is 0 Å². The predicted octanol–water partition coefficient (Wildman–Crippen LogP) is 2.73. The fourth-order valence-corrected chi connectivity index (χ4v) is 2.08. The fraction of sp³-hybridized carbons (Fsp3) is 0.571. The minimum Gasteiger partial charge on any atom is -0.388 e. The van der Waals surface area contributed by atoms with E-state index in [4.69, 9.17) is 16.3 Å². The Bertz CT molecular complexity index is 359. The minimum atomic E-state index is -0.518. The number of likely N-dealkylation sites (N-methyl/N-ethyl adjacent to an activating group) is 1. The Labute approximate surface area is 114 Å².